The smallest absolute Gasteiger partial charge is 0.0973 e. The molecule has 0 radical (unpaired) electrons. The molecule has 0 fully saturated rings. The van der Waals surface area contributed by atoms with Crippen LogP contribution in [-0.4, -0.2) is 9.97 Å². The van der Waals surface area contributed by atoms with Crippen molar-refractivity contribution in [3.8, 4) is 22.5 Å². The Labute approximate surface area is 170 Å². The lowest BCUT2D eigenvalue weighted by Gasteiger charge is -2.11. The Morgan fingerprint density at radius 1 is 0.448 bits per heavy atom. The summed E-state index contributed by atoms with van der Waals surface area (Å²) >= 11 is 0. The average molecular weight is 372 g/mol. The highest BCUT2D eigenvalue weighted by Gasteiger charge is 2.13. The van der Waals surface area contributed by atoms with Crippen LogP contribution in [0.5, 0.6) is 0 Å². The monoisotopic (exact) mass is 372 g/mol. The van der Waals surface area contributed by atoms with E-state index in [0.29, 0.717) is 0 Å². The normalized spacial score (nSPS) is 10.9. The van der Waals surface area contributed by atoms with Crippen molar-refractivity contribution in [2.75, 3.05) is 0 Å². The third kappa shape index (κ3) is 3.65. The van der Waals surface area contributed by atoms with Crippen LogP contribution in [0, 0.1) is 0 Å². The van der Waals surface area contributed by atoms with Gasteiger partial charge in [0, 0.05) is 11.1 Å². The summed E-state index contributed by atoms with van der Waals surface area (Å²) in [6.07, 6.45) is 0.888. The summed E-state index contributed by atoms with van der Waals surface area (Å²) in [5.74, 6) is 0. The fraction of sp³-hybridized carbons (Fsp3) is 0.0370. The van der Waals surface area contributed by atoms with Crippen LogP contribution >= 0.6 is 0 Å². The maximum absolute atomic E-state index is 5.06. The van der Waals surface area contributed by atoms with Gasteiger partial charge in [0.1, 0.15) is 0 Å². The molecule has 0 saturated carbocycles. The summed E-state index contributed by atoms with van der Waals surface area (Å²) in [7, 11) is 0. The minimum atomic E-state index is 0.888. The first-order chi connectivity index (χ1) is 14.4. The van der Waals surface area contributed by atoms with Crippen molar-refractivity contribution in [3.05, 3.63) is 120 Å². The molecule has 0 amide bonds. The van der Waals surface area contributed by atoms with Crippen molar-refractivity contribution in [2.24, 2.45) is 0 Å². The third-order valence-electron chi connectivity index (χ3n) is 5.07. The molecule has 0 aliphatic rings. The van der Waals surface area contributed by atoms with E-state index in [0.717, 1.165) is 40.0 Å². The molecule has 5 aromatic rings. The summed E-state index contributed by atoms with van der Waals surface area (Å²) in [5, 5.41) is 0. The molecule has 0 atom stereocenters. The van der Waals surface area contributed by atoms with Crippen molar-refractivity contribution < 1.29 is 0 Å². The van der Waals surface area contributed by atoms with Crippen LogP contribution in [0.1, 0.15) is 11.1 Å². The highest BCUT2D eigenvalue weighted by Crippen LogP contribution is 2.31. The molecule has 0 aliphatic carbocycles. The van der Waals surface area contributed by atoms with E-state index in [2.05, 4.69) is 66.7 Å². The minimum Gasteiger partial charge on any atom is -0.244 e. The second-order valence-corrected chi connectivity index (χ2v) is 7.14. The summed E-state index contributed by atoms with van der Waals surface area (Å²) in [5.41, 5.74) is 8.37. The van der Waals surface area contributed by atoms with Gasteiger partial charge >= 0.3 is 0 Å². The number of fused-ring (bicyclic) bond motifs is 1. The number of aromatic nitrogens is 2. The van der Waals surface area contributed by atoms with Crippen molar-refractivity contribution in [3.63, 3.8) is 0 Å². The minimum absolute atomic E-state index is 0.888. The van der Waals surface area contributed by atoms with Crippen LogP contribution in [0.3, 0.4) is 0 Å². The van der Waals surface area contributed by atoms with Gasteiger partial charge in [0.2, 0.25) is 0 Å². The van der Waals surface area contributed by atoms with E-state index in [4.69, 9.17) is 9.97 Å². The highest BCUT2D eigenvalue weighted by molar-refractivity contribution is 5.86. The Morgan fingerprint density at radius 3 is 1.55 bits per heavy atom. The zero-order valence-electron chi connectivity index (χ0n) is 16.0. The molecule has 1 aromatic heterocycles. The fourth-order valence-electron chi connectivity index (χ4n) is 3.64. The Hall–Kier alpha value is -3.78. The Kier molecular flexibility index (Phi) is 4.59. The zero-order chi connectivity index (χ0) is 19.5. The summed E-state index contributed by atoms with van der Waals surface area (Å²) < 4.78 is 0. The lowest BCUT2D eigenvalue weighted by molar-refractivity contribution is 1.19. The van der Waals surface area contributed by atoms with E-state index < -0.39 is 0 Å². The Balaban J connectivity index is 1.66. The lowest BCUT2D eigenvalue weighted by atomic mass is 10.0. The molecular formula is C27H20N2. The Morgan fingerprint density at radius 2 is 0.966 bits per heavy atom. The molecule has 0 saturated heterocycles. The van der Waals surface area contributed by atoms with Crippen LogP contribution in [-0.2, 0) is 6.42 Å². The van der Waals surface area contributed by atoms with Crippen LogP contribution in [0.15, 0.2) is 109 Å². The molecule has 138 valence electrons. The SMILES string of the molecule is c1ccc(Cc2ccc3nc(-c4ccccc4)c(-c4ccccc4)nc3c2)cc1. The van der Waals surface area contributed by atoms with Gasteiger partial charge in [-0.15, -0.1) is 0 Å². The zero-order valence-corrected chi connectivity index (χ0v) is 16.0. The Bertz CT molecular complexity index is 1250. The van der Waals surface area contributed by atoms with E-state index in [9.17, 15) is 0 Å². The summed E-state index contributed by atoms with van der Waals surface area (Å²) in [6, 6.07) is 37.5. The maximum atomic E-state index is 5.06. The first kappa shape index (κ1) is 17.3. The van der Waals surface area contributed by atoms with Crippen molar-refractivity contribution in [1.29, 1.82) is 0 Å². The quantitative estimate of drug-likeness (QED) is 0.357. The van der Waals surface area contributed by atoms with E-state index >= 15 is 0 Å². The van der Waals surface area contributed by atoms with Crippen molar-refractivity contribution in [1.82, 2.24) is 9.97 Å². The molecule has 29 heavy (non-hydrogen) atoms. The molecular weight excluding hydrogens is 352 g/mol. The van der Waals surface area contributed by atoms with Gasteiger partial charge in [0.25, 0.3) is 0 Å². The van der Waals surface area contributed by atoms with Gasteiger partial charge < -0.3 is 0 Å². The number of benzene rings is 4. The predicted octanol–water partition coefficient (Wildman–Crippen LogP) is 6.55. The molecule has 2 heteroatoms. The predicted molar refractivity (Wildman–Crippen MR) is 120 cm³/mol. The molecule has 0 spiro atoms. The second-order valence-electron chi connectivity index (χ2n) is 7.14. The maximum Gasteiger partial charge on any atom is 0.0973 e. The average Bonchev–Trinajstić information content (AvgIpc) is 2.80. The van der Waals surface area contributed by atoms with E-state index in [-0.39, 0.29) is 0 Å². The molecule has 1 heterocycles. The van der Waals surface area contributed by atoms with Gasteiger partial charge in [-0.05, 0) is 29.7 Å². The van der Waals surface area contributed by atoms with Crippen LogP contribution in [0.25, 0.3) is 33.5 Å². The van der Waals surface area contributed by atoms with Gasteiger partial charge in [-0.3, -0.25) is 0 Å². The van der Waals surface area contributed by atoms with Gasteiger partial charge in [-0.25, -0.2) is 9.97 Å². The number of hydrogen-bond acceptors (Lipinski definition) is 2. The first-order valence-corrected chi connectivity index (χ1v) is 9.82. The standard InChI is InChI=1S/C27H20N2/c1-4-10-20(11-5-1)18-21-16-17-24-25(19-21)29-27(23-14-8-3-9-15-23)26(28-24)22-12-6-2-7-13-22/h1-17,19H,18H2. The molecule has 4 aromatic carbocycles. The molecule has 0 bridgehead atoms. The van der Waals surface area contributed by atoms with E-state index in [1.807, 2.05) is 42.5 Å². The second kappa shape index (κ2) is 7.69. The largest absolute Gasteiger partial charge is 0.244 e. The molecule has 0 unspecified atom stereocenters. The number of nitrogens with zero attached hydrogens (tertiary/aromatic N) is 2. The summed E-state index contributed by atoms with van der Waals surface area (Å²) in [4.78, 5) is 10.1. The molecule has 2 nitrogen and oxygen atoms in total. The topological polar surface area (TPSA) is 25.8 Å². The van der Waals surface area contributed by atoms with Crippen LogP contribution in [0.2, 0.25) is 0 Å². The highest BCUT2D eigenvalue weighted by atomic mass is 14.8. The van der Waals surface area contributed by atoms with Crippen molar-refractivity contribution in [2.45, 2.75) is 6.42 Å². The van der Waals surface area contributed by atoms with Crippen molar-refractivity contribution >= 4 is 11.0 Å². The molecule has 0 aliphatic heterocycles. The number of hydrogen-bond donors (Lipinski definition) is 0. The van der Waals surface area contributed by atoms with Crippen LogP contribution < -0.4 is 0 Å². The first-order valence-electron chi connectivity index (χ1n) is 9.82. The third-order valence-corrected chi connectivity index (χ3v) is 5.07. The molecule has 5 rings (SSSR count). The van der Waals surface area contributed by atoms with Gasteiger partial charge in [-0.1, -0.05) is 97.1 Å². The van der Waals surface area contributed by atoms with E-state index in [1.165, 1.54) is 11.1 Å². The van der Waals surface area contributed by atoms with Crippen LogP contribution in [0.4, 0.5) is 0 Å². The van der Waals surface area contributed by atoms with Gasteiger partial charge in [-0.2, -0.15) is 0 Å². The van der Waals surface area contributed by atoms with E-state index in [1.54, 1.807) is 0 Å². The fourth-order valence-corrected chi connectivity index (χ4v) is 3.64. The summed E-state index contributed by atoms with van der Waals surface area (Å²) in [6.45, 7) is 0. The number of rotatable bonds is 4. The molecule has 0 N–H and O–H groups in total. The van der Waals surface area contributed by atoms with Gasteiger partial charge in [0.15, 0.2) is 0 Å². The lowest BCUT2D eigenvalue weighted by Crippen LogP contribution is -1.97. The van der Waals surface area contributed by atoms with Gasteiger partial charge in [0.05, 0.1) is 22.4 Å².